The number of rotatable bonds is 7. The van der Waals surface area contributed by atoms with Crippen molar-refractivity contribution in [2.24, 2.45) is 0 Å². The summed E-state index contributed by atoms with van der Waals surface area (Å²) in [6, 6.07) is 87.2. The van der Waals surface area contributed by atoms with Crippen molar-refractivity contribution in [2.75, 3.05) is 0 Å². The number of hydrogen-bond acceptors (Lipinski definition) is 2. The van der Waals surface area contributed by atoms with Crippen LogP contribution in [0.3, 0.4) is 0 Å². The van der Waals surface area contributed by atoms with Crippen molar-refractivity contribution >= 4 is 65.4 Å². The maximum absolute atomic E-state index is 4.74. The third kappa shape index (κ3) is 5.84. The van der Waals surface area contributed by atoms with Crippen molar-refractivity contribution in [3.8, 4) is 56.7 Å². The Hall–Kier alpha value is -9.26. The standard InChI is InChI=1S/C62H40N6/c1-4-16-41(17-5-1)61-63-64-62(42-18-6-2-7-19-42)68(61)47-32-30-46(31-33-47)66-59-36-29-44(43-28-35-58-52(38-43)51-24-12-15-27-57(51)65(58)45-20-8-3-9-21-45)39-53(59)54-40-48(34-37-60(54)66)67-55-25-13-10-22-49(55)50-23-11-14-26-56(50)67/h1-40H. The Balaban J connectivity index is 0.968. The molecule has 14 aromatic rings. The van der Waals surface area contributed by atoms with E-state index in [9.17, 15) is 0 Å². The van der Waals surface area contributed by atoms with Crippen LogP contribution in [-0.4, -0.2) is 28.5 Å². The van der Waals surface area contributed by atoms with Crippen molar-refractivity contribution in [1.82, 2.24) is 28.5 Å². The zero-order valence-electron chi connectivity index (χ0n) is 36.8. The fourth-order valence-electron chi connectivity index (χ4n) is 10.6. The lowest BCUT2D eigenvalue weighted by Crippen LogP contribution is -2.01. The molecule has 318 valence electrons. The summed E-state index contributed by atoms with van der Waals surface area (Å²) in [6.07, 6.45) is 0. The summed E-state index contributed by atoms with van der Waals surface area (Å²) >= 11 is 0. The van der Waals surface area contributed by atoms with Gasteiger partial charge in [0.25, 0.3) is 0 Å². The molecule has 0 atom stereocenters. The molecule has 0 unspecified atom stereocenters. The van der Waals surface area contributed by atoms with Crippen LogP contribution in [0.15, 0.2) is 243 Å². The van der Waals surface area contributed by atoms with E-state index in [1.165, 1.54) is 65.5 Å². The third-order valence-electron chi connectivity index (χ3n) is 13.7. The predicted molar refractivity (Wildman–Crippen MR) is 281 cm³/mol. The molecule has 0 fully saturated rings. The van der Waals surface area contributed by atoms with Gasteiger partial charge in [-0.3, -0.25) is 4.57 Å². The smallest absolute Gasteiger partial charge is 0.168 e. The van der Waals surface area contributed by atoms with Gasteiger partial charge in [0.15, 0.2) is 11.6 Å². The zero-order chi connectivity index (χ0) is 44.7. The van der Waals surface area contributed by atoms with Gasteiger partial charge < -0.3 is 13.7 Å². The van der Waals surface area contributed by atoms with Crippen LogP contribution in [-0.2, 0) is 0 Å². The third-order valence-corrected chi connectivity index (χ3v) is 13.7. The molecule has 68 heavy (non-hydrogen) atoms. The van der Waals surface area contributed by atoms with E-state index in [2.05, 4.69) is 225 Å². The highest BCUT2D eigenvalue weighted by molar-refractivity contribution is 6.14. The topological polar surface area (TPSA) is 45.5 Å². The molecule has 4 aromatic heterocycles. The van der Waals surface area contributed by atoms with Crippen LogP contribution in [0, 0.1) is 0 Å². The van der Waals surface area contributed by atoms with Crippen LogP contribution in [0.4, 0.5) is 0 Å². The molecule has 0 radical (unpaired) electrons. The largest absolute Gasteiger partial charge is 0.309 e. The number of benzene rings is 10. The second-order valence-electron chi connectivity index (χ2n) is 17.5. The highest BCUT2D eigenvalue weighted by Crippen LogP contribution is 2.41. The van der Waals surface area contributed by atoms with Gasteiger partial charge in [-0.25, -0.2) is 0 Å². The molecule has 0 amide bonds. The van der Waals surface area contributed by atoms with E-state index in [0.717, 1.165) is 56.6 Å². The summed E-state index contributed by atoms with van der Waals surface area (Å²) in [5.74, 6) is 1.59. The van der Waals surface area contributed by atoms with Crippen molar-refractivity contribution in [3.63, 3.8) is 0 Å². The summed E-state index contributed by atoms with van der Waals surface area (Å²) in [6.45, 7) is 0. The van der Waals surface area contributed by atoms with Gasteiger partial charge in [0, 0.05) is 66.2 Å². The molecular formula is C62H40N6. The van der Waals surface area contributed by atoms with Crippen molar-refractivity contribution in [1.29, 1.82) is 0 Å². The normalized spacial score (nSPS) is 11.8. The van der Waals surface area contributed by atoms with Crippen LogP contribution < -0.4 is 0 Å². The first-order valence-electron chi connectivity index (χ1n) is 23.1. The van der Waals surface area contributed by atoms with E-state index < -0.39 is 0 Å². The minimum Gasteiger partial charge on any atom is -0.309 e. The van der Waals surface area contributed by atoms with E-state index in [0.29, 0.717) is 0 Å². The highest BCUT2D eigenvalue weighted by atomic mass is 15.3. The Bertz CT molecular complexity index is 4120. The van der Waals surface area contributed by atoms with E-state index in [-0.39, 0.29) is 0 Å². The van der Waals surface area contributed by atoms with Gasteiger partial charge in [-0.2, -0.15) is 0 Å². The lowest BCUT2D eigenvalue weighted by molar-refractivity contribution is 1.07. The molecule has 0 N–H and O–H groups in total. The number of aromatic nitrogens is 6. The van der Waals surface area contributed by atoms with E-state index in [4.69, 9.17) is 10.2 Å². The first-order chi connectivity index (χ1) is 33.7. The molecular weight excluding hydrogens is 829 g/mol. The summed E-state index contributed by atoms with van der Waals surface area (Å²) in [7, 11) is 0. The van der Waals surface area contributed by atoms with Gasteiger partial charge in [-0.1, -0.05) is 146 Å². The molecule has 0 saturated carbocycles. The average molecular weight is 869 g/mol. The minimum absolute atomic E-state index is 0.794. The summed E-state index contributed by atoms with van der Waals surface area (Å²) in [4.78, 5) is 0. The van der Waals surface area contributed by atoms with Gasteiger partial charge in [0.2, 0.25) is 0 Å². The number of hydrogen-bond donors (Lipinski definition) is 0. The van der Waals surface area contributed by atoms with Crippen LogP contribution in [0.5, 0.6) is 0 Å². The molecule has 0 aliphatic rings. The molecule has 0 spiro atoms. The van der Waals surface area contributed by atoms with Crippen molar-refractivity contribution in [2.45, 2.75) is 0 Å². The van der Waals surface area contributed by atoms with E-state index >= 15 is 0 Å². The van der Waals surface area contributed by atoms with Gasteiger partial charge >= 0.3 is 0 Å². The fraction of sp³-hybridized carbons (Fsp3) is 0. The van der Waals surface area contributed by atoms with Crippen LogP contribution in [0.25, 0.3) is 122 Å². The molecule has 14 rings (SSSR count). The van der Waals surface area contributed by atoms with Crippen LogP contribution >= 0.6 is 0 Å². The highest BCUT2D eigenvalue weighted by Gasteiger charge is 2.21. The lowest BCUT2D eigenvalue weighted by atomic mass is 10.0. The number of nitrogens with zero attached hydrogens (tertiary/aromatic N) is 6. The van der Waals surface area contributed by atoms with Gasteiger partial charge in [0.1, 0.15) is 0 Å². The SMILES string of the molecule is c1ccc(-c2nnc(-c3ccccc3)n2-c2ccc(-n3c4ccc(-c5ccc6c(c5)c5ccccc5n6-c5ccccc5)cc4c4cc(-n5c6ccccc6c6ccccc65)ccc43)cc2)cc1. The average Bonchev–Trinajstić information content (AvgIpc) is 4.18. The maximum atomic E-state index is 4.74. The van der Waals surface area contributed by atoms with Crippen LogP contribution in [0.2, 0.25) is 0 Å². The number of para-hydroxylation sites is 4. The maximum Gasteiger partial charge on any atom is 0.168 e. The van der Waals surface area contributed by atoms with Crippen molar-refractivity contribution in [3.05, 3.63) is 243 Å². The first-order valence-corrected chi connectivity index (χ1v) is 23.1. The molecule has 4 heterocycles. The Labute approximate surface area is 391 Å². The predicted octanol–water partition coefficient (Wildman–Crippen LogP) is 15.6. The number of fused-ring (bicyclic) bond motifs is 9. The molecule has 6 heteroatoms. The van der Waals surface area contributed by atoms with Crippen molar-refractivity contribution < 1.29 is 0 Å². The summed E-state index contributed by atoms with van der Waals surface area (Å²) in [5, 5.41) is 16.8. The zero-order valence-corrected chi connectivity index (χ0v) is 36.8. The molecule has 6 nitrogen and oxygen atoms in total. The molecule has 0 aliphatic heterocycles. The molecule has 0 bridgehead atoms. The Morgan fingerprint density at radius 1 is 0.206 bits per heavy atom. The van der Waals surface area contributed by atoms with E-state index in [1.807, 2.05) is 36.4 Å². The quantitative estimate of drug-likeness (QED) is 0.160. The Morgan fingerprint density at radius 2 is 0.529 bits per heavy atom. The molecule has 0 saturated heterocycles. The first kappa shape index (κ1) is 38.1. The summed E-state index contributed by atoms with van der Waals surface area (Å²) < 4.78 is 9.36. The Kier molecular flexibility index (Phi) is 8.48. The minimum atomic E-state index is 0.794. The lowest BCUT2D eigenvalue weighted by Gasteiger charge is -2.14. The summed E-state index contributed by atoms with van der Waals surface area (Å²) in [5.41, 5.74) is 15.7. The molecule has 0 aliphatic carbocycles. The second-order valence-corrected chi connectivity index (χ2v) is 17.5. The molecule has 10 aromatic carbocycles. The monoisotopic (exact) mass is 868 g/mol. The van der Waals surface area contributed by atoms with Gasteiger partial charge in [-0.05, 0) is 108 Å². The van der Waals surface area contributed by atoms with Crippen LogP contribution in [0.1, 0.15) is 0 Å². The second kappa shape index (κ2) is 15.2. The fourth-order valence-corrected chi connectivity index (χ4v) is 10.6. The van der Waals surface area contributed by atoms with Gasteiger partial charge in [-0.15, -0.1) is 10.2 Å². The van der Waals surface area contributed by atoms with Gasteiger partial charge in [0.05, 0.1) is 33.1 Å². The van der Waals surface area contributed by atoms with E-state index in [1.54, 1.807) is 0 Å². The Morgan fingerprint density at radius 3 is 1.03 bits per heavy atom.